The molecule has 0 aromatic rings. The molecule has 7 heteroatoms. The normalized spacial score (nSPS) is 31.5. The lowest BCUT2D eigenvalue weighted by Crippen LogP contribution is -2.42. The van der Waals surface area contributed by atoms with Gasteiger partial charge in [-0.05, 0) is 0 Å². The van der Waals surface area contributed by atoms with E-state index in [-0.39, 0.29) is 6.03 Å². The predicted octanol–water partition coefficient (Wildman–Crippen LogP) is -1.52. The molecule has 2 aliphatic rings. The van der Waals surface area contributed by atoms with E-state index in [4.69, 9.17) is 0 Å². The van der Waals surface area contributed by atoms with Crippen molar-refractivity contribution in [3.05, 3.63) is 0 Å². The fourth-order valence-electron chi connectivity index (χ4n) is 1.53. The summed E-state index contributed by atoms with van der Waals surface area (Å²) in [7, 11) is 1.52. The van der Waals surface area contributed by atoms with Crippen LogP contribution in [0.4, 0.5) is 9.59 Å². The van der Waals surface area contributed by atoms with Crippen LogP contribution in [0.15, 0.2) is 0 Å². The molecule has 2 unspecified atom stereocenters. The van der Waals surface area contributed by atoms with Crippen LogP contribution in [0, 0.1) is 0 Å². The van der Waals surface area contributed by atoms with Gasteiger partial charge in [0, 0.05) is 7.05 Å². The van der Waals surface area contributed by atoms with Crippen molar-refractivity contribution in [2.45, 2.75) is 12.3 Å². The van der Waals surface area contributed by atoms with E-state index in [2.05, 4.69) is 10.6 Å². The minimum absolute atomic E-state index is 0.374. The topological polar surface area (TPSA) is 81.8 Å². The largest absolute Gasteiger partial charge is 0.329 e. The molecule has 2 saturated heterocycles. The van der Waals surface area contributed by atoms with Gasteiger partial charge in [0.15, 0.2) is 6.17 Å². The van der Waals surface area contributed by atoms with Crippen LogP contribution >= 0.6 is 0 Å². The van der Waals surface area contributed by atoms with E-state index in [1.54, 1.807) is 0 Å². The number of hydrogen-bond acceptors (Lipinski definition) is 3. The number of imide groups is 1. The zero-order valence-corrected chi connectivity index (χ0v) is 6.85. The van der Waals surface area contributed by atoms with Gasteiger partial charge in [0.25, 0.3) is 0 Å². The van der Waals surface area contributed by atoms with Gasteiger partial charge in [-0.1, -0.05) is 0 Å². The molecule has 70 valence electrons. The van der Waals surface area contributed by atoms with Crippen molar-refractivity contribution in [2.75, 3.05) is 7.05 Å². The molecular weight excluding hydrogens is 176 g/mol. The highest BCUT2D eigenvalue weighted by molar-refractivity contribution is 5.91. The molecule has 0 spiro atoms. The average Bonchev–Trinajstić information content (AvgIpc) is 2.54. The summed E-state index contributed by atoms with van der Waals surface area (Å²) in [5, 5.41) is 4.97. The van der Waals surface area contributed by atoms with Gasteiger partial charge < -0.3 is 15.5 Å². The summed E-state index contributed by atoms with van der Waals surface area (Å²) in [6, 6.07) is -0.793. The molecular formula is C6H8N4O3. The Morgan fingerprint density at radius 1 is 1.31 bits per heavy atom. The number of hydrogen-bond donors (Lipinski definition) is 2. The van der Waals surface area contributed by atoms with Crippen LogP contribution in [-0.4, -0.2) is 47.7 Å². The Hall–Kier alpha value is -1.79. The predicted molar refractivity (Wildman–Crippen MR) is 40.3 cm³/mol. The Kier molecular flexibility index (Phi) is 1.42. The number of amides is 5. The van der Waals surface area contributed by atoms with E-state index in [0.717, 1.165) is 4.90 Å². The van der Waals surface area contributed by atoms with Crippen molar-refractivity contribution in [2.24, 2.45) is 0 Å². The number of nitrogens with one attached hydrogen (secondary N) is 2. The highest BCUT2D eigenvalue weighted by Crippen LogP contribution is 2.19. The van der Waals surface area contributed by atoms with Gasteiger partial charge in [0.05, 0.1) is 0 Å². The van der Waals surface area contributed by atoms with E-state index < -0.39 is 18.4 Å². The molecule has 0 radical (unpaired) electrons. The first-order chi connectivity index (χ1) is 6.15. The monoisotopic (exact) mass is 184 g/mol. The molecule has 5 amide bonds. The number of rotatable bonds is 1. The van der Waals surface area contributed by atoms with Crippen LogP contribution < -0.4 is 10.6 Å². The Labute approximate surface area is 73.7 Å². The van der Waals surface area contributed by atoms with E-state index in [9.17, 15) is 14.4 Å². The summed E-state index contributed by atoms with van der Waals surface area (Å²) in [5.74, 6) is 0. The van der Waals surface area contributed by atoms with Gasteiger partial charge >= 0.3 is 12.1 Å². The molecule has 13 heavy (non-hydrogen) atoms. The number of carbonyl (C=O) groups excluding carboxylic acids is 3. The fraction of sp³-hybridized carbons (Fsp3) is 0.500. The second-order valence-corrected chi connectivity index (χ2v) is 2.91. The molecule has 2 rings (SSSR count). The molecule has 2 fully saturated rings. The van der Waals surface area contributed by atoms with Gasteiger partial charge in [-0.3, -0.25) is 4.79 Å². The first kappa shape index (κ1) is 7.84. The molecule has 7 nitrogen and oxygen atoms in total. The fourth-order valence-corrected chi connectivity index (χ4v) is 1.53. The molecule has 2 atom stereocenters. The van der Waals surface area contributed by atoms with Gasteiger partial charge in [0.2, 0.25) is 6.41 Å². The second kappa shape index (κ2) is 2.35. The Bertz CT molecular complexity index is 292. The van der Waals surface area contributed by atoms with Crippen LogP contribution in [0.25, 0.3) is 0 Å². The van der Waals surface area contributed by atoms with E-state index in [0.29, 0.717) is 6.41 Å². The van der Waals surface area contributed by atoms with Gasteiger partial charge in [0.1, 0.15) is 6.17 Å². The highest BCUT2D eigenvalue weighted by atomic mass is 16.2. The first-order valence-electron chi connectivity index (χ1n) is 3.72. The van der Waals surface area contributed by atoms with Crippen molar-refractivity contribution >= 4 is 18.5 Å². The van der Waals surface area contributed by atoms with E-state index in [1.807, 2.05) is 0 Å². The number of nitrogens with zero attached hydrogens (tertiary/aromatic N) is 2. The third-order valence-electron chi connectivity index (χ3n) is 2.21. The minimum Gasteiger partial charge on any atom is -0.314 e. The minimum atomic E-state index is -0.581. The molecule has 2 heterocycles. The maximum atomic E-state index is 11.3. The Morgan fingerprint density at radius 3 is 2.54 bits per heavy atom. The summed E-state index contributed by atoms with van der Waals surface area (Å²) in [6.07, 6.45) is -0.621. The molecule has 0 aromatic carbocycles. The zero-order valence-electron chi connectivity index (χ0n) is 6.85. The Morgan fingerprint density at radius 2 is 1.92 bits per heavy atom. The molecule has 0 aromatic heterocycles. The standard InChI is InChI=1S/C6H8N4O3/c1-9-3-4(8-5(12)7-3)10(2-11)6(9)13/h2-4H,1H3,(H2,7,8,12). The molecule has 2 N–H and O–H groups in total. The lowest BCUT2D eigenvalue weighted by molar-refractivity contribution is -0.116. The lowest BCUT2D eigenvalue weighted by atomic mass is 10.4. The van der Waals surface area contributed by atoms with E-state index >= 15 is 0 Å². The summed E-state index contributed by atoms with van der Waals surface area (Å²) in [5.41, 5.74) is 0. The van der Waals surface area contributed by atoms with Crippen molar-refractivity contribution in [3.8, 4) is 0 Å². The third kappa shape index (κ3) is 0.865. The summed E-state index contributed by atoms with van der Waals surface area (Å²) >= 11 is 0. The van der Waals surface area contributed by atoms with Crippen LogP contribution in [0.1, 0.15) is 0 Å². The van der Waals surface area contributed by atoms with Crippen molar-refractivity contribution < 1.29 is 14.4 Å². The number of likely N-dealkylation sites (N-methyl/N-ethyl adjacent to an activating group) is 1. The van der Waals surface area contributed by atoms with Crippen molar-refractivity contribution in [3.63, 3.8) is 0 Å². The van der Waals surface area contributed by atoms with Crippen molar-refractivity contribution in [1.29, 1.82) is 0 Å². The number of carbonyl (C=O) groups is 3. The average molecular weight is 184 g/mol. The van der Waals surface area contributed by atoms with E-state index in [1.165, 1.54) is 11.9 Å². The lowest BCUT2D eigenvalue weighted by Gasteiger charge is -2.13. The summed E-state index contributed by atoms with van der Waals surface area (Å²) in [6.45, 7) is 0. The maximum absolute atomic E-state index is 11.3. The van der Waals surface area contributed by atoms with Gasteiger partial charge in [-0.15, -0.1) is 0 Å². The van der Waals surface area contributed by atoms with Crippen LogP contribution in [0.3, 0.4) is 0 Å². The first-order valence-corrected chi connectivity index (χ1v) is 3.72. The second-order valence-electron chi connectivity index (χ2n) is 2.91. The van der Waals surface area contributed by atoms with Crippen LogP contribution in [0.2, 0.25) is 0 Å². The van der Waals surface area contributed by atoms with Crippen LogP contribution in [0.5, 0.6) is 0 Å². The number of fused-ring (bicyclic) bond motifs is 1. The van der Waals surface area contributed by atoms with Gasteiger partial charge in [-0.2, -0.15) is 0 Å². The van der Waals surface area contributed by atoms with Crippen molar-refractivity contribution in [1.82, 2.24) is 20.4 Å². The zero-order chi connectivity index (χ0) is 9.59. The smallest absolute Gasteiger partial charge is 0.314 e. The maximum Gasteiger partial charge on any atom is 0.329 e. The number of urea groups is 2. The molecule has 2 aliphatic heterocycles. The molecule has 0 saturated carbocycles. The van der Waals surface area contributed by atoms with Crippen LogP contribution in [-0.2, 0) is 4.79 Å². The summed E-state index contributed by atoms with van der Waals surface area (Å²) < 4.78 is 0. The molecule has 0 aliphatic carbocycles. The summed E-state index contributed by atoms with van der Waals surface area (Å²) in [4.78, 5) is 34.9. The highest BCUT2D eigenvalue weighted by Gasteiger charge is 2.49. The Balaban J connectivity index is 2.29. The quantitative estimate of drug-likeness (QED) is 0.485. The van der Waals surface area contributed by atoms with Gasteiger partial charge in [-0.25, -0.2) is 14.5 Å². The molecule has 0 bridgehead atoms. The third-order valence-corrected chi connectivity index (χ3v) is 2.21. The SMILES string of the molecule is CN1C(=O)N(C=O)C2NC(=O)NC21.